The Hall–Kier alpha value is -1.36. The SMILES string of the molecule is CC(F)(F)c1cc2c(c(C3(CN)CC3)c1)OCO2. The molecular formula is C13H15F2NO2. The molecule has 1 aromatic rings. The zero-order chi connectivity index (χ0) is 13.0. The second kappa shape index (κ2) is 3.57. The molecule has 98 valence electrons. The molecule has 0 aromatic heterocycles. The van der Waals surface area contributed by atoms with Crippen LogP contribution in [0.25, 0.3) is 0 Å². The molecule has 5 heteroatoms. The van der Waals surface area contributed by atoms with Crippen LogP contribution in [0.15, 0.2) is 12.1 Å². The fourth-order valence-corrected chi connectivity index (χ4v) is 2.39. The largest absolute Gasteiger partial charge is 0.454 e. The first kappa shape index (κ1) is 11.7. The van der Waals surface area contributed by atoms with E-state index in [-0.39, 0.29) is 17.8 Å². The highest BCUT2D eigenvalue weighted by Crippen LogP contribution is 2.54. The quantitative estimate of drug-likeness (QED) is 0.902. The van der Waals surface area contributed by atoms with Crippen LogP contribution in [0.5, 0.6) is 11.5 Å². The van der Waals surface area contributed by atoms with Crippen LogP contribution >= 0.6 is 0 Å². The highest BCUT2D eigenvalue weighted by atomic mass is 19.3. The normalized spacial score (nSPS) is 20.0. The van der Waals surface area contributed by atoms with Gasteiger partial charge in [0, 0.05) is 30.0 Å². The lowest BCUT2D eigenvalue weighted by Gasteiger charge is -2.19. The van der Waals surface area contributed by atoms with Gasteiger partial charge in [0.2, 0.25) is 6.79 Å². The minimum atomic E-state index is -2.89. The smallest absolute Gasteiger partial charge is 0.270 e. The molecular weight excluding hydrogens is 240 g/mol. The van der Waals surface area contributed by atoms with Crippen molar-refractivity contribution >= 4 is 0 Å². The van der Waals surface area contributed by atoms with Crippen LogP contribution in [-0.4, -0.2) is 13.3 Å². The maximum atomic E-state index is 13.5. The van der Waals surface area contributed by atoms with Crippen LogP contribution in [0.4, 0.5) is 8.78 Å². The van der Waals surface area contributed by atoms with E-state index >= 15 is 0 Å². The average molecular weight is 255 g/mol. The lowest BCUT2D eigenvalue weighted by molar-refractivity contribution is 0.0172. The minimum absolute atomic E-state index is 0.0403. The summed E-state index contributed by atoms with van der Waals surface area (Å²) < 4.78 is 37.6. The number of ether oxygens (including phenoxy) is 2. The summed E-state index contributed by atoms with van der Waals surface area (Å²) in [6, 6.07) is 2.88. The molecule has 0 saturated heterocycles. The zero-order valence-electron chi connectivity index (χ0n) is 10.1. The third-order valence-electron chi connectivity index (χ3n) is 3.80. The van der Waals surface area contributed by atoms with Crippen molar-refractivity contribution in [3.63, 3.8) is 0 Å². The van der Waals surface area contributed by atoms with Crippen molar-refractivity contribution in [2.45, 2.75) is 31.1 Å². The Morgan fingerprint density at radius 1 is 1.33 bits per heavy atom. The van der Waals surface area contributed by atoms with E-state index in [4.69, 9.17) is 15.2 Å². The number of hydrogen-bond donors (Lipinski definition) is 1. The average Bonchev–Trinajstić information content (AvgIpc) is 2.97. The minimum Gasteiger partial charge on any atom is -0.454 e. The lowest BCUT2D eigenvalue weighted by Crippen LogP contribution is -2.21. The van der Waals surface area contributed by atoms with E-state index in [1.54, 1.807) is 0 Å². The standard InChI is InChI=1S/C13H15F2NO2/c1-12(14,15)8-4-9(13(6-16)2-3-13)11-10(5-8)17-7-18-11/h4-5H,2-3,6-7,16H2,1H3. The van der Waals surface area contributed by atoms with E-state index in [1.807, 2.05) is 0 Å². The van der Waals surface area contributed by atoms with Crippen LogP contribution in [0.1, 0.15) is 30.9 Å². The Labute approximate surface area is 104 Å². The van der Waals surface area contributed by atoms with Gasteiger partial charge in [0.05, 0.1) is 0 Å². The first-order chi connectivity index (χ1) is 8.46. The summed E-state index contributed by atoms with van der Waals surface area (Å²) >= 11 is 0. The molecule has 1 heterocycles. The predicted octanol–water partition coefficient (Wildman–Crippen LogP) is 2.52. The van der Waals surface area contributed by atoms with Gasteiger partial charge in [0.25, 0.3) is 5.92 Å². The molecule has 0 amide bonds. The Bertz CT molecular complexity index is 492. The summed E-state index contributed by atoms with van der Waals surface area (Å²) in [6.07, 6.45) is 1.83. The van der Waals surface area contributed by atoms with Crippen LogP contribution in [0, 0.1) is 0 Å². The van der Waals surface area contributed by atoms with E-state index in [9.17, 15) is 8.78 Å². The van der Waals surface area contributed by atoms with Crippen molar-refractivity contribution in [2.75, 3.05) is 13.3 Å². The van der Waals surface area contributed by atoms with Gasteiger partial charge in [0.1, 0.15) is 0 Å². The highest BCUT2D eigenvalue weighted by Gasteiger charge is 2.47. The van der Waals surface area contributed by atoms with Crippen molar-refractivity contribution in [1.82, 2.24) is 0 Å². The van der Waals surface area contributed by atoms with E-state index in [1.165, 1.54) is 12.1 Å². The summed E-state index contributed by atoms with van der Waals surface area (Å²) in [7, 11) is 0. The molecule has 1 aromatic carbocycles. The molecule has 3 rings (SSSR count). The number of benzene rings is 1. The molecule has 0 unspecified atom stereocenters. The molecule has 1 fully saturated rings. The zero-order valence-corrected chi connectivity index (χ0v) is 10.1. The molecule has 0 radical (unpaired) electrons. The Balaban J connectivity index is 2.15. The monoisotopic (exact) mass is 255 g/mol. The van der Waals surface area contributed by atoms with Crippen molar-refractivity contribution in [2.24, 2.45) is 5.73 Å². The van der Waals surface area contributed by atoms with Gasteiger partial charge >= 0.3 is 0 Å². The van der Waals surface area contributed by atoms with Gasteiger partial charge < -0.3 is 15.2 Å². The number of alkyl halides is 2. The Morgan fingerprint density at radius 2 is 2.06 bits per heavy atom. The first-order valence-corrected chi connectivity index (χ1v) is 5.99. The fraction of sp³-hybridized carbons (Fsp3) is 0.538. The topological polar surface area (TPSA) is 44.5 Å². The van der Waals surface area contributed by atoms with E-state index < -0.39 is 5.92 Å². The highest BCUT2D eigenvalue weighted by molar-refractivity contribution is 5.56. The second-order valence-electron chi connectivity index (χ2n) is 5.13. The van der Waals surface area contributed by atoms with Crippen molar-refractivity contribution in [1.29, 1.82) is 0 Å². The van der Waals surface area contributed by atoms with Crippen molar-refractivity contribution in [3.8, 4) is 11.5 Å². The van der Waals surface area contributed by atoms with Gasteiger partial charge in [-0.3, -0.25) is 0 Å². The van der Waals surface area contributed by atoms with Gasteiger partial charge in [-0.05, 0) is 25.0 Å². The van der Waals surface area contributed by atoms with E-state index in [2.05, 4.69) is 0 Å². The Kier molecular flexibility index (Phi) is 2.32. The molecule has 0 spiro atoms. The van der Waals surface area contributed by atoms with Crippen LogP contribution in [-0.2, 0) is 11.3 Å². The number of halogens is 2. The van der Waals surface area contributed by atoms with Crippen molar-refractivity contribution < 1.29 is 18.3 Å². The van der Waals surface area contributed by atoms with Gasteiger partial charge in [-0.25, -0.2) is 8.78 Å². The number of hydrogen-bond acceptors (Lipinski definition) is 3. The molecule has 18 heavy (non-hydrogen) atoms. The summed E-state index contributed by atoms with van der Waals surface area (Å²) in [6.45, 7) is 1.42. The lowest BCUT2D eigenvalue weighted by atomic mass is 9.91. The maximum absolute atomic E-state index is 13.5. The molecule has 0 atom stereocenters. The molecule has 0 bridgehead atoms. The molecule has 3 nitrogen and oxygen atoms in total. The summed E-state index contributed by atoms with van der Waals surface area (Å²) in [4.78, 5) is 0. The third kappa shape index (κ3) is 1.65. The van der Waals surface area contributed by atoms with E-state index in [0.717, 1.165) is 25.3 Å². The summed E-state index contributed by atoms with van der Waals surface area (Å²) in [5.41, 5.74) is 6.31. The van der Waals surface area contributed by atoms with Gasteiger partial charge in [0.15, 0.2) is 11.5 Å². The number of fused-ring (bicyclic) bond motifs is 1. The molecule has 2 aliphatic rings. The second-order valence-corrected chi connectivity index (χ2v) is 5.13. The molecule has 1 aliphatic carbocycles. The van der Waals surface area contributed by atoms with Crippen LogP contribution < -0.4 is 15.2 Å². The maximum Gasteiger partial charge on any atom is 0.270 e. The Morgan fingerprint density at radius 3 is 2.61 bits per heavy atom. The molecule has 1 saturated carbocycles. The number of nitrogens with two attached hydrogens (primary N) is 1. The third-order valence-corrected chi connectivity index (χ3v) is 3.80. The van der Waals surface area contributed by atoms with E-state index in [0.29, 0.717) is 18.0 Å². The summed E-state index contributed by atoms with van der Waals surface area (Å²) in [5, 5.41) is 0. The van der Waals surface area contributed by atoms with Crippen molar-refractivity contribution in [3.05, 3.63) is 23.3 Å². The summed E-state index contributed by atoms with van der Waals surface area (Å²) in [5.74, 6) is -1.89. The van der Waals surface area contributed by atoms with Gasteiger partial charge in [-0.1, -0.05) is 0 Å². The van der Waals surface area contributed by atoms with Gasteiger partial charge in [-0.15, -0.1) is 0 Å². The fourth-order valence-electron chi connectivity index (χ4n) is 2.39. The molecule has 1 aliphatic heterocycles. The van der Waals surface area contributed by atoms with Gasteiger partial charge in [-0.2, -0.15) is 0 Å². The number of rotatable bonds is 3. The molecule has 2 N–H and O–H groups in total. The van der Waals surface area contributed by atoms with Crippen LogP contribution in [0.2, 0.25) is 0 Å². The first-order valence-electron chi connectivity index (χ1n) is 5.99. The van der Waals surface area contributed by atoms with Crippen LogP contribution in [0.3, 0.4) is 0 Å². The predicted molar refractivity (Wildman–Crippen MR) is 62.1 cm³/mol.